The Labute approximate surface area is 99.2 Å². The van der Waals surface area contributed by atoms with Gasteiger partial charge in [0, 0.05) is 13.1 Å². The van der Waals surface area contributed by atoms with Crippen LogP contribution in [0.3, 0.4) is 0 Å². The molecule has 3 nitrogen and oxygen atoms in total. The number of carbonyl (C=O) groups excluding carboxylic acids is 1. The molecule has 94 valence electrons. The molecule has 1 amide bonds. The van der Waals surface area contributed by atoms with Gasteiger partial charge >= 0.3 is 0 Å². The lowest BCUT2D eigenvalue weighted by Gasteiger charge is -2.24. The third-order valence-electron chi connectivity index (χ3n) is 2.72. The van der Waals surface area contributed by atoms with Gasteiger partial charge in [0.1, 0.15) is 11.6 Å². The Kier molecular flexibility index (Phi) is 4.57. The Morgan fingerprint density at radius 2 is 2.12 bits per heavy atom. The van der Waals surface area contributed by atoms with Crippen molar-refractivity contribution in [2.75, 3.05) is 13.6 Å². The second-order valence-electron chi connectivity index (χ2n) is 3.97. The number of hydrogen-bond donors (Lipinski definition) is 1. The van der Waals surface area contributed by atoms with Gasteiger partial charge < -0.3 is 10.6 Å². The fraction of sp³-hybridized carbons (Fsp3) is 0.417. The highest BCUT2D eigenvalue weighted by molar-refractivity contribution is 5.94. The number of carbonyl (C=O) groups is 1. The molecule has 0 spiro atoms. The van der Waals surface area contributed by atoms with Gasteiger partial charge in [0.15, 0.2) is 0 Å². The van der Waals surface area contributed by atoms with Crippen LogP contribution in [-0.2, 0) is 0 Å². The van der Waals surface area contributed by atoms with Gasteiger partial charge in [0.05, 0.1) is 5.56 Å². The van der Waals surface area contributed by atoms with Crippen LogP contribution in [0.15, 0.2) is 18.2 Å². The molecule has 0 saturated heterocycles. The lowest BCUT2D eigenvalue weighted by atomic mass is 10.1. The van der Waals surface area contributed by atoms with Crippen LogP contribution >= 0.6 is 0 Å². The smallest absolute Gasteiger partial charge is 0.256 e. The zero-order valence-corrected chi connectivity index (χ0v) is 9.91. The van der Waals surface area contributed by atoms with E-state index in [0.717, 1.165) is 18.2 Å². The molecule has 0 radical (unpaired) electrons. The quantitative estimate of drug-likeness (QED) is 0.874. The first-order valence-electron chi connectivity index (χ1n) is 5.39. The fourth-order valence-corrected chi connectivity index (χ4v) is 1.49. The largest absolute Gasteiger partial charge is 0.339 e. The van der Waals surface area contributed by atoms with Crippen molar-refractivity contribution >= 4 is 5.91 Å². The van der Waals surface area contributed by atoms with E-state index in [0.29, 0.717) is 13.0 Å². The standard InChI is InChI=1S/C12H16F2N2O/c1-8(5-6-15)16(2)12(17)10-7-9(13)3-4-11(10)14/h3-4,7-8H,5-6,15H2,1-2H3. The highest BCUT2D eigenvalue weighted by atomic mass is 19.1. The molecular formula is C12H16F2N2O. The normalized spacial score (nSPS) is 12.3. The van der Waals surface area contributed by atoms with Crippen LogP contribution in [0, 0.1) is 11.6 Å². The van der Waals surface area contributed by atoms with Gasteiger partial charge in [-0.15, -0.1) is 0 Å². The van der Waals surface area contributed by atoms with Gasteiger partial charge in [-0.05, 0) is 38.1 Å². The highest BCUT2D eigenvalue weighted by Gasteiger charge is 2.20. The molecule has 1 aromatic rings. The summed E-state index contributed by atoms with van der Waals surface area (Å²) in [4.78, 5) is 13.3. The van der Waals surface area contributed by atoms with Crippen molar-refractivity contribution in [2.45, 2.75) is 19.4 Å². The monoisotopic (exact) mass is 242 g/mol. The average molecular weight is 242 g/mol. The van der Waals surface area contributed by atoms with Crippen molar-refractivity contribution in [3.05, 3.63) is 35.4 Å². The van der Waals surface area contributed by atoms with Crippen LogP contribution in [-0.4, -0.2) is 30.4 Å². The molecular weight excluding hydrogens is 226 g/mol. The lowest BCUT2D eigenvalue weighted by molar-refractivity contribution is 0.0733. The predicted octanol–water partition coefficient (Wildman–Crippen LogP) is 1.77. The number of nitrogens with two attached hydrogens (primary N) is 1. The number of halogens is 2. The van der Waals surface area contributed by atoms with Gasteiger partial charge in [-0.25, -0.2) is 8.78 Å². The summed E-state index contributed by atoms with van der Waals surface area (Å²) >= 11 is 0. The lowest BCUT2D eigenvalue weighted by Crippen LogP contribution is -2.36. The summed E-state index contributed by atoms with van der Waals surface area (Å²) in [7, 11) is 1.55. The van der Waals surface area contributed by atoms with Gasteiger partial charge in [-0.1, -0.05) is 0 Å². The molecule has 2 N–H and O–H groups in total. The summed E-state index contributed by atoms with van der Waals surface area (Å²) < 4.78 is 26.4. The highest BCUT2D eigenvalue weighted by Crippen LogP contribution is 2.14. The molecule has 0 saturated carbocycles. The Morgan fingerprint density at radius 1 is 1.47 bits per heavy atom. The minimum atomic E-state index is -0.719. The van der Waals surface area contributed by atoms with Crippen LogP contribution in [0.4, 0.5) is 8.78 Å². The van der Waals surface area contributed by atoms with Crippen molar-refractivity contribution in [1.82, 2.24) is 4.90 Å². The summed E-state index contributed by atoms with van der Waals surface area (Å²) in [5.74, 6) is -1.89. The maximum atomic E-state index is 13.4. The van der Waals surface area contributed by atoms with E-state index < -0.39 is 17.5 Å². The van der Waals surface area contributed by atoms with E-state index in [4.69, 9.17) is 5.73 Å². The second-order valence-corrected chi connectivity index (χ2v) is 3.97. The molecule has 17 heavy (non-hydrogen) atoms. The molecule has 1 atom stereocenters. The van der Waals surface area contributed by atoms with Crippen molar-refractivity contribution in [3.63, 3.8) is 0 Å². The van der Waals surface area contributed by atoms with Crippen molar-refractivity contribution in [3.8, 4) is 0 Å². The fourth-order valence-electron chi connectivity index (χ4n) is 1.49. The molecule has 0 aliphatic rings. The van der Waals surface area contributed by atoms with E-state index in [-0.39, 0.29) is 11.6 Å². The van der Waals surface area contributed by atoms with Crippen LogP contribution in [0.5, 0.6) is 0 Å². The van der Waals surface area contributed by atoms with Crippen molar-refractivity contribution < 1.29 is 13.6 Å². The van der Waals surface area contributed by atoms with E-state index in [1.807, 2.05) is 6.92 Å². The van der Waals surface area contributed by atoms with Crippen LogP contribution < -0.4 is 5.73 Å². The molecule has 0 fully saturated rings. The third-order valence-corrected chi connectivity index (χ3v) is 2.72. The van der Waals surface area contributed by atoms with Crippen LogP contribution in [0.2, 0.25) is 0 Å². The zero-order chi connectivity index (χ0) is 13.0. The summed E-state index contributed by atoms with van der Waals surface area (Å²) in [6.07, 6.45) is 0.610. The number of benzene rings is 1. The minimum Gasteiger partial charge on any atom is -0.339 e. The SMILES string of the molecule is CC(CCN)N(C)C(=O)c1cc(F)ccc1F. The molecule has 1 aromatic carbocycles. The van der Waals surface area contributed by atoms with Crippen LogP contribution in [0.1, 0.15) is 23.7 Å². The predicted molar refractivity (Wildman–Crippen MR) is 61.6 cm³/mol. The molecule has 0 aromatic heterocycles. The Morgan fingerprint density at radius 3 is 2.71 bits per heavy atom. The molecule has 0 heterocycles. The topological polar surface area (TPSA) is 46.3 Å². The summed E-state index contributed by atoms with van der Waals surface area (Å²) in [5.41, 5.74) is 5.13. The molecule has 0 bridgehead atoms. The zero-order valence-electron chi connectivity index (χ0n) is 9.91. The van der Waals surface area contributed by atoms with E-state index in [2.05, 4.69) is 0 Å². The number of nitrogens with zero attached hydrogens (tertiary/aromatic N) is 1. The second kappa shape index (κ2) is 5.72. The maximum absolute atomic E-state index is 13.4. The number of hydrogen-bond acceptors (Lipinski definition) is 2. The summed E-state index contributed by atoms with van der Waals surface area (Å²) in [5, 5.41) is 0. The van der Waals surface area contributed by atoms with Gasteiger partial charge in [0.25, 0.3) is 5.91 Å². The number of rotatable bonds is 4. The third kappa shape index (κ3) is 3.23. The number of amides is 1. The molecule has 1 rings (SSSR count). The van der Waals surface area contributed by atoms with Gasteiger partial charge in [-0.2, -0.15) is 0 Å². The van der Waals surface area contributed by atoms with E-state index in [1.54, 1.807) is 7.05 Å². The first kappa shape index (κ1) is 13.6. The van der Waals surface area contributed by atoms with E-state index in [1.165, 1.54) is 4.90 Å². The molecule has 0 aliphatic heterocycles. The molecule has 0 aliphatic carbocycles. The Hall–Kier alpha value is -1.49. The first-order valence-corrected chi connectivity index (χ1v) is 5.39. The minimum absolute atomic E-state index is 0.116. The van der Waals surface area contributed by atoms with Crippen molar-refractivity contribution in [1.29, 1.82) is 0 Å². The van der Waals surface area contributed by atoms with Crippen LogP contribution in [0.25, 0.3) is 0 Å². The molecule has 5 heteroatoms. The van der Waals surface area contributed by atoms with Gasteiger partial charge in [-0.3, -0.25) is 4.79 Å². The average Bonchev–Trinajstić information content (AvgIpc) is 2.30. The summed E-state index contributed by atoms with van der Waals surface area (Å²) in [6, 6.07) is 2.72. The summed E-state index contributed by atoms with van der Waals surface area (Å²) in [6.45, 7) is 2.24. The molecule has 1 unspecified atom stereocenters. The Bertz CT molecular complexity index is 409. The van der Waals surface area contributed by atoms with E-state index in [9.17, 15) is 13.6 Å². The van der Waals surface area contributed by atoms with Gasteiger partial charge in [0.2, 0.25) is 0 Å². The first-order chi connectivity index (χ1) is 7.97. The van der Waals surface area contributed by atoms with Crippen molar-refractivity contribution in [2.24, 2.45) is 5.73 Å². The van der Waals surface area contributed by atoms with E-state index >= 15 is 0 Å². The Balaban J connectivity index is 2.92. The maximum Gasteiger partial charge on any atom is 0.256 e.